The highest BCUT2D eigenvalue weighted by molar-refractivity contribution is 5.84. The maximum absolute atomic E-state index is 11.3. The summed E-state index contributed by atoms with van der Waals surface area (Å²) >= 11 is 0. The zero-order valence-corrected chi connectivity index (χ0v) is 9.25. The number of likely N-dealkylation sites (tertiary alicyclic amines) is 1. The number of amides is 1. The van der Waals surface area contributed by atoms with Crippen molar-refractivity contribution in [1.29, 1.82) is 0 Å². The van der Waals surface area contributed by atoms with E-state index < -0.39 is 5.54 Å². The predicted molar refractivity (Wildman–Crippen MR) is 56.4 cm³/mol. The minimum Gasteiger partial charge on any atom is -0.368 e. The molecular weight excluding hydrogens is 178 g/mol. The van der Waals surface area contributed by atoms with Crippen molar-refractivity contribution in [1.82, 2.24) is 0 Å². The fraction of sp³-hybridized carbons (Fsp3) is 0.900. The molecule has 82 valence electrons. The number of carbonyl (C=O) groups excluding carboxylic acids is 1. The van der Waals surface area contributed by atoms with Crippen LogP contribution in [0, 0.1) is 0 Å². The van der Waals surface area contributed by atoms with Gasteiger partial charge in [0, 0.05) is 12.8 Å². The van der Waals surface area contributed by atoms with Gasteiger partial charge in [-0.25, -0.2) is 0 Å². The van der Waals surface area contributed by atoms with Crippen LogP contribution in [-0.4, -0.2) is 42.6 Å². The number of primary amides is 1. The summed E-state index contributed by atoms with van der Waals surface area (Å²) in [6, 6.07) is 0. The van der Waals surface area contributed by atoms with Gasteiger partial charge in [0.15, 0.2) is 0 Å². The van der Waals surface area contributed by atoms with Gasteiger partial charge in [0.05, 0.1) is 20.1 Å². The van der Waals surface area contributed by atoms with Gasteiger partial charge >= 0.3 is 0 Å². The Morgan fingerprint density at radius 2 is 1.93 bits per heavy atom. The smallest absolute Gasteiger partial charge is 0.243 e. The molecule has 1 amide bonds. The number of hydrogen-bond donors (Lipinski definition) is 2. The maximum atomic E-state index is 11.3. The van der Waals surface area contributed by atoms with Crippen molar-refractivity contribution in [3.8, 4) is 0 Å². The molecule has 1 atom stereocenters. The second-order valence-electron chi connectivity index (χ2n) is 4.81. The van der Waals surface area contributed by atoms with Gasteiger partial charge in [-0.1, -0.05) is 6.92 Å². The van der Waals surface area contributed by atoms with Crippen LogP contribution in [-0.2, 0) is 4.79 Å². The first-order valence-corrected chi connectivity index (χ1v) is 5.34. The number of rotatable bonds is 4. The molecule has 0 aliphatic carbocycles. The average molecular weight is 200 g/mol. The van der Waals surface area contributed by atoms with Gasteiger partial charge in [0.2, 0.25) is 5.91 Å². The maximum Gasteiger partial charge on any atom is 0.243 e. The summed E-state index contributed by atoms with van der Waals surface area (Å²) in [6.45, 7) is 4.84. The van der Waals surface area contributed by atoms with E-state index >= 15 is 0 Å². The molecule has 4 nitrogen and oxygen atoms in total. The van der Waals surface area contributed by atoms with Crippen molar-refractivity contribution >= 4 is 5.91 Å². The third-order valence-corrected chi connectivity index (χ3v) is 3.43. The lowest BCUT2D eigenvalue weighted by Gasteiger charge is -2.36. The highest BCUT2D eigenvalue weighted by Crippen LogP contribution is 2.21. The number of nitrogens with zero attached hydrogens (tertiary/aromatic N) is 1. The summed E-state index contributed by atoms with van der Waals surface area (Å²) in [5.41, 5.74) is 10.5. The molecule has 0 radical (unpaired) electrons. The normalized spacial score (nSPS) is 24.5. The van der Waals surface area contributed by atoms with E-state index in [1.54, 1.807) is 0 Å². The molecule has 14 heavy (non-hydrogen) atoms. The summed E-state index contributed by atoms with van der Waals surface area (Å²) in [5, 5.41) is 0. The van der Waals surface area contributed by atoms with E-state index in [4.69, 9.17) is 11.5 Å². The molecule has 0 aromatic rings. The minimum atomic E-state index is -0.820. The van der Waals surface area contributed by atoms with Crippen molar-refractivity contribution in [3.63, 3.8) is 0 Å². The molecule has 0 aromatic heterocycles. The van der Waals surface area contributed by atoms with Gasteiger partial charge in [-0.3, -0.25) is 4.79 Å². The molecular formula is C10H22N3O+. The van der Waals surface area contributed by atoms with Gasteiger partial charge in [-0.15, -0.1) is 0 Å². The molecule has 1 aliphatic rings. The first kappa shape index (κ1) is 11.5. The van der Waals surface area contributed by atoms with Crippen LogP contribution in [0.15, 0.2) is 0 Å². The van der Waals surface area contributed by atoms with Crippen LogP contribution in [0.3, 0.4) is 0 Å². The van der Waals surface area contributed by atoms with Gasteiger partial charge < -0.3 is 16.0 Å². The van der Waals surface area contributed by atoms with E-state index in [0.717, 1.165) is 17.6 Å². The van der Waals surface area contributed by atoms with Crippen LogP contribution < -0.4 is 11.5 Å². The van der Waals surface area contributed by atoms with Crippen molar-refractivity contribution in [2.24, 2.45) is 11.5 Å². The molecule has 1 saturated heterocycles. The summed E-state index contributed by atoms with van der Waals surface area (Å²) < 4.78 is 0.896. The number of likely N-dealkylation sites (N-methyl/N-ethyl adjacent to an activating group) is 1. The highest BCUT2D eigenvalue weighted by Gasteiger charge is 2.40. The van der Waals surface area contributed by atoms with Crippen LogP contribution in [0.4, 0.5) is 0 Å². The van der Waals surface area contributed by atoms with Crippen molar-refractivity contribution in [2.75, 3.05) is 26.7 Å². The molecule has 0 aromatic carbocycles. The Morgan fingerprint density at radius 3 is 2.29 bits per heavy atom. The van der Waals surface area contributed by atoms with E-state index in [-0.39, 0.29) is 5.91 Å². The Balaban J connectivity index is 2.68. The monoisotopic (exact) mass is 200 g/mol. The lowest BCUT2D eigenvalue weighted by atomic mass is 9.95. The molecule has 1 rings (SSSR count). The molecule has 0 saturated carbocycles. The van der Waals surface area contributed by atoms with E-state index in [0.29, 0.717) is 13.0 Å². The van der Waals surface area contributed by atoms with E-state index in [1.165, 1.54) is 12.8 Å². The summed E-state index contributed by atoms with van der Waals surface area (Å²) in [5.74, 6) is -0.369. The van der Waals surface area contributed by atoms with Crippen molar-refractivity contribution in [3.05, 3.63) is 0 Å². The minimum absolute atomic E-state index is 0.369. The second kappa shape index (κ2) is 3.87. The highest BCUT2D eigenvalue weighted by atomic mass is 16.1. The topological polar surface area (TPSA) is 69.1 Å². The number of quaternary nitrogens is 1. The molecule has 0 bridgehead atoms. The summed E-state index contributed by atoms with van der Waals surface area (Å²) in [7, 11) is 2.16. The molecule has 4 heteroatoms. The Kier molecular flexibility index (Phi) is 3.17. The first-order chi connectivity index (χ1) is 6.42. The van der Waals surface area contributed by atoms with Gasteiger partial charge in [0.1, 0.15) is 12.1 Å². The van der Waals surface area contributed by atoms with Gasteiger partial charge in [-0.05, 0) is 6.42 Å². The largest absolute Gasteiger partial charge is 0.368 e. The Bertz CT molecular complexity index is 223. The van der Waals surface area contributed by atoms with Crippen LogP contribution in [0.1, 0.15) is 26.2 Å². The van der Waals surface area contributed by atoms with Crippen molar-refractivity contribution < 1.29 is 9.28 Å². The van der Waals surface area contributed by atoms with Crippen molar-refractivity contribution in [2.45, 2.75) is 31.7 Å². The van der Waals surface area contributed by atoms with Crippen LogP contribution in [0.5, 0.6) is 0 Å². The zero-order valence-electron chi connectivity index (χ0n) is 9.25. The average Bonchev–Trinajstić information content (AvgIpc) is 2.51. The predicted octanol–water partition coefficient (Wildman–Crippen LogP) is -0.180. The van der Waals surface area contributed by atoms with Gasteiger partial charge in [-0.2, -0.15) is 0 Å². The van der Waals surface area contributed by atoms with Crippen LogP contribution in [0.25, 0.3) is 0 Å². The van der Waals surface area contributed by atoms with E-state index in [9.17, 15) is 4.79 Å². The standard InChI is InChI=1S/C10H21N3O/c1-3-10(12,9(11)14)8-13(2)6-4-5-7-13/h3-8,12H2,1-2H3,(H-,11,14)/p+1. The fourth-order valence-electron chi connectivity index (χ4n) is 2.30. The molecule has 0 spiro atoms. The molecule has 1 aliphatic heterocycles. The quantitative estimate of drug-likeness (QED) is 0.618. The number of carbonyl (C=O) groups is 1. The lowest BCUT2D eigenvalue weighted by molar-refractivity contribution is -0.900. The number of hydrogen-bond acceptors (Lipinski definition) is 2. The Morgan fingerprint density at radius 1 is 1.43 bits per heavy atom. The third-order valence-electron chi connectivity index (χ3n) is 3.43. The first-order valence-electron chi connectivity index (χ1n) is 5.34. The Hall–Kier alpha value is -0.610. The second-order valence-corrected chi connectivity index (χ2v) is 4.81. The fourth-order valence-corrected chi connectivity index (χ4v) is 2.30. The van der Waals surface area contributed by atoms with E-state index in [1.807, 2.05) is 6.92 Å². The third kappa shape index (κ3) is 2.25. The summed E-state index contributed by atoms with van der Waals surface area (Å²) in [6.07, 6.45) is 3.08. The Labute approximate surface area is 85.8 Å². The van der Waals surface area contributed by atoms with E-state index in [2.05, 4.69) is 7.05 Å². The zero-order chi connectivity index (χ0) is 10.8. The van der Waals surface area contributed by atoms with Crippen LogP contribution >= 0.6 is 0 Å². The summed E-state index contributed by atoms with van der Waals surface area (Å²) in [4.78, 5) is 11.3. The number of nitrogens with two attached hydrogens (primary N) is 2. The molecule has 1 unspecified atom stereocenters. The molecule has 1 heterocycles. The molecule has 4 N–H and O–H groups in total. The van der Waals surface area contributed by atoms with Crippen LogP contribution in [0.2, 0.25) is 0 Å². The lowest BCUT2D eigenvalue weighted by Crippen LogP contribution is -2.63. The molecule has 1 fully saturated rings. The SMILES string of the molecule is CCC(N)(C[N+]1(C)CCCC1)C(N)=O. The van der Waals surface area contributed by atoms with Gasteiger partial charge in [0.25, 0.3) is 0 Å².